The maximum absolute atomic E-state index is 12.6. The maximum Gasteiger partial charge on any atom is 0.227 e. The highest BCUT2D eigenvalue weighted by molar-refractivity contribution is 6.31. The number of aromatic nitrogens is 2. The van der Waals surface area contributed by atoms with Crippen LogP contribution >= 0.6 is 11.6 Å². The molecule has 3 aromatic rings. The zero-order valence-electron chi connectivity index (χ0n) is 14.4. The molecule has 4 nitrogen and oxygen atoms in total. The average molecular weight is 354 g/mol. The fourth-order valence-corrected chi connectivity index (χ4v) is 3.78. The SMILES string of the molecule is CCn1c([C@H]2CC(=O)N(c3ccc(Cl)c(C)c3)C2)nc2ccccc21. The Balaban J connectivity index is 1.69. The average Bonchev–Trinajstić information content (AvgIpc) is 3.17. The lowest BCUT2D eigenvalue weighted by atomic mass is 10.1. The molecule has 1 atom stereocenters. The van der Waals surface area contributed by atoms with Crippen LogP contribution < -0.4 is 4.90 Å². The van der Waals surface area contributed by atoms with E-state index in [1.807, 2.05) is 48.2 Å². The number of halogens is 1. The van der Waals surface area contributed by atoms with Gasteiger partial charge in [0.25, 0.3) is 0 Å². The number of anilines is 1. The second kappa shape index (κ2) is 6.19. The van der Waals surface area contributed by atoms with Crippen molar-refractivity contribution in [2.45, 2.75) is 32.7 Å². The number of nitrogens with zero attached hydrogens (tertiary/aromatic N) is 3. The van der Waals surface area contributed by atoms with Gasteiger partial charge in [0.2, 0.25) is 5.91 Å². The van der Waals surface area contributed by atoms with Gasteiger partial charge < -0.3 is 9.47 Å². The van der Waals surface area contributed by atoms with E-state index >= 15 is 0 Å². The first-order chi connectivity index (χ1) is 12.1. The summed E-state index contributed by atoms with van der Waals surface area (Å²) in [5, 5.41) is 0.722. The first kappa shape index (κ1) is 16.2. The molecule has 25 heavy (non-hydrogen) atoms. The summed E-state index contributed by atoms with van der Waals surface area (Å²) in [7, 11) is 0. The summed E-state index contributed by atoms with van der Waals surface area (Å²) in [5.41, 5.74) is 4.02. The quantitative estimate of drug-likeness (QED) is 0.693. The Hall–Kier alpha value is -2.33. The number of carbonyl (C=O) groups excluding carboxylic acids is 1. The monoisotopic (exact) mass is 353 g/mol. The molecular formula is C20H20ClN3O. The van der Waals surface area contributed by atoms with Crippen LogP contribution in [0.15, 0.2) is 42.5 Å². The van der Waals surface area contributed by atoms with Crippen LogP contribution in [-0.2, 0) is 11.3 Å². The van der Waals surface area contributed by atoms with E-state index in [-0.39, 0.29) is 11.8 Å². The number of imidazole rings is 1. The number of benzene rings is 2. The lowest BCUT2D eigenvalue weighted by Crippen LogP contribution is -2.24. The van der Waals surface area contributed by atoms with Gasteiger partial charge in [-0.25, -0.2) is 4.98 Å². The maximum atomic E-state index is 12.6. The van der Waals surface area contributed by atoms with Gasteiger partial charge in [0.1, 0.15) is 5.82 Å². The van der Waals surface area contributed by atoms with Gasteiger partial charge in [-0.05, 0) is 49.7 Å². The molecular weight excluding hydrogens is 334 g/mol. The van der Waals surface area contributed by atoms with Crippen LogP contribution in [0, 0.1) is 6.92 Å². The van der Waals surface area contributed by atoms with Crippen LogP contribution in [0.25, 0.3) is 11.0 Å². The Kier molecular flexibility index (Phi) is 4.00. The van der Waals surface area contributed by atoms with E-state index in [1.165, 1.54) is 0 Å². The Morgan fingerprint density at radius 1 is 1.24 bits per heavy atom. The van der Waals surface area contributed by atoms with Gasteiger partial charge >= 0.3 is 0 Å². The minimum absolute atomic E-state index is 0.107. The molecule has 2 aromatic carbocycles. The van der Waals surface area contributed by atoms with E-state index in [1.54, 1.807) is 0 Å². The molecule has 5 heteroatoms. The molecule has 128 valence electrons. The molecule has 2 heterocycles. The van der Waals surface area contributed by atoms with E-state index in [0.717, 1.165) is 39.7 Å². The minimum Gasteiger partial charge on any atom is -0.328 e. The molecule has 0 saturated carbocycles. The van der Waals surface area contributed by atoms with Gasteiger partial charge in [0.15, 0.2) is 0 Å². The lowest BCUT2D eigenvalue weighted by Gasteiger charge is -2.18. The predicted octanol–water partition coefficient (Wildman–Crippen LogP) is 4.54. The van der Waals surface area contributed by atoms with E-state index < -0.39 is 0 Å². The summed E-state index contributed by atoms with van der Waals surface area (Å²) < 4.78 is 2.23. The van der Waals surface area contributed by atoms with Crippen molar-refractivity contribution in [3.8, 4) is 0 Å². The van der Waals surface area contributed by atoms with Gasteiger partial charge in [-0.2, -0.15) is 0 Å². The van der Waals surface area contributed by atoms with Crippen molar-refractivity contribution in [3.05, 3.63) is 58.9 Å². The first-order valence-electron chi connectivity index (χ1n) is 8.60. The Bertz CT molecular complexity index is 963. The van der Waals surface area contributed by atoms with Crippen LogP contribution in [0.4, 0.5) is 5.69 Å². The van der Waals surface area contributed by atoms with E-state index in [0.29, 0.717) is 13.0 Å². The smallest absolute Gasteiger partial charge is 0.227 e. The van der Waals surface area contributed by atoms with Gasteiger partial charge in [0, 0.05) is 36.1 Å². The number of amides is 1. The molecule has 1 saturated heterocycles. The molecule has 0 bridgehead atoms. The number of hydrogen-bond acceptors (Lipinski definition) is 2. The van der Waals surface area contributed by atoms with E-state index in [2.05, 4.69) is 17.6 Å². The number of fused-ring (bicyclic) bond motifs is 1. The summed E-state index contributed by atoms with van der Waals surface area (Å²) in [4.78, 5) is 19.3. The van der Waals surface area contributed by atoms with Crippen molar-refractivity contribution in [2.75, 3.05) is 11.4 Å². The van der Waals surface area contributed by atoms with Gasteiger partial charge in [0.05, 0.1) is 11.0 Å². The topological polar surface area (TPSA) is 38.1 Å². The first-order valence-corrected chi connectivity index (χ1v) is 8.98. The zero-order chi connectivity index (χ0) is 17.6. The lowest BCUT2D eigenvalue weighted by molar-refractivity contribution is -0.117. The summed E-state index contributed by atoms with van der Waals surface area (Å²) in [6.45, 7) is 5.58. The fourth-order valence-electron chi connectivity index (χ4n) is 3.66. The summed E-state index contributed by atoms with van der Waals surface area (Å²) in [5.74, 6) is 1.25. The highest BCUT2D eigenvalue weighted by Gasteiger charge is 2.34. The molecule has 0 aliphatic carbocycles. The molecule has 0 spiro atoms. The van der Waals surface area contributed by atoms with Crippen LogP contribution in [0.5, 0.6) is 0 Å². The van der Waals surface area contributed by atoms with Gasteiger partial charge in [-0.3, -0.25) is 4.79 Å². The number of para-hydroxylation sites is 2. The van der Waals surface area contributed by atoms with Crippen molar-refractivity contribution in [1.82, 2.24) is 9.55 Å². The Morgan fingerprint density at radius 3 is 2.80 bits per heavy atom. The van der Waals surface area contributed by atoms with Crippen LogP contribution in [0.1, 0.15) is 30.7 Å². The standard InChI is InChI=1S/C20H20ClN3O/c1-3-23-18-7-5-4-6-17(18)22-20(23)14-11-19(25)24(12-14)15-8-9-16(21)13(2)10-15/h4-10,14H,3,11-12H2,1-2H3/t14-/m0/s1. The predicted molar refractivity (Wildman–Crippen MR) is 101 cm³/mol. The van der Waals surface area contributed by atoms with Gasteiger partial charge in [-0.15, -0.1) is 0 Å². The van der Waals surface area contributed by atoms with Crippen LogP contribution in [-0.4, -0.2) is 22.0 Å². The molecule has 0 N–H and O–H groups in total. The van der Waals surface area contributed by atoms with Crippen molar-refractivity contribution in [3.63, 3.8) is 0 Å². The molecule has 4 rings (SSSR count). The molecule has 1 amide bonds. The summed E-state index contributed by atoms with van der Waals surface area (Å²) >= 11 is 6.12. The third-order valence-corrected chi connectivity index (χ3v) is 5.37. The third kappa shape index (κ3) is 2.71. The van der Waals surface area contributed by atoms with E-state index in [9.17, 15) is 4.79 Å². The second-order valence-corrected chi connectivity index (χ2v) is 6.95. The highest BCUT2D eigenvalue weighted by Crippen LogP contribution is 2.34. The largest absolute Gasteiger partial charge is 0.328 e. The zero-order valence-corrected chi connectivity index (χ0v) is 15.1. The molecule has 0 radical (unpaired) electrons. The molecule has 1 fully saturated rings. The van der Waals surface area contributed by atoms with Gasteiger partial charge in [-0.1, -0.05) is 23.7 Å². The van der Waals surface area contributed by atoms with Crippen molar-refractivity contribution < 1.29 is 4.79 Å². The molecule has 0 unspecified atom stereocenters. The Morgan fingerprint density at radius 2 is 2.04 bits per heavy atom. The van der Waals surface area contributed by atoms with Crippen molar-refractivity contribution in [1.29, 1.82) is 0 Å². The fraction of sp³-hybridized carbons (Fsp3) is 0.300. The molecule has 1 aromatic heterocycles. The summed E-state index contributed by atoms with van der Waals surface area (Å²) in [6, 6.07) is 13.9. The normalized spacial score (nSPS) is 17.6. The highest BCUT2D eigenvalue weighted by atomic mass is 35.5. The van der Waals surface area contributed by atoms with Crippen molar-refractivity contribution in [2.24, 2.45) is 0 Å². The number of rotatable bonds is 3. The number of aryl methyl sites for hydroxylation is 2. The third-order valence-electron chi connectivity index (χ3n) is 4.94. The molecule has 1 aliphatic heterocycles. The Labute approximate surface area is 152 Å². The minimum atomic E-state index is 0.107. The number of carbonyl (C=O) groups is 1. The van der Waals surface area contributed by atoms with Crippen LogP contribution in [0.2, 0.25) is 5.02 Å². The second-order valence-electron chi connectivity index (χ2n) is 6.54. The summed E-state index contributed by atoms with van der Waals surface area (Å²) in [6.07, 6.45) is 0.491. The molecule has 1 aliphatic rings. The van der Waals surface area contributed by atoms with Crippen molar-refractivity contribution >= 4 is 34.2 Å². The number of hydrogen-bond donors (Lipinski definition) is 0. The van der Waals surface area contributed by atoms with Crippen LogP contribution in [0.3, 0.4) is 0 Å². The van der Waals surface area contributed by atoms with E-state index in [4.69, 9.17) is 16.6 Å².